The van der Waals surface area contributed by atoms with Crippen molar-refractivity contribution in [1.29, 1.82) is 0 Å². The van der Waals surface area contributed by atoms with Gasteiger partial charge in [-0.3, -0.25) is 15.4 Å². The average molecular weight is 234 g/mol. The number of hydrogen-bond acceptors (Lipinski definition) is 4. The van der Waals surface area contributed by atoms with E-state index in [4.69, 9.17) is 4.42 Å². The summed E-state index contributed by atoms with van der Waals surface area (Å²) in [5.41, 5.74) is 0.0342. The summed E-state index contributed by atoms with van der Waals surface area (Å²) in [5.74, 6) is 1.25. The van der Waals surface area contributed by atoms with Crippen molar-refractivity contribution in [3.05, 3.63) is 52.6 Å². The number of hydrogen-bond donors (Lipinski definition) is 1. The maximum absolute atomic E-state index is 10.7. The quantitative estimate of drug-likeness (QED) is 0.630. The normalized spacial score (nSPS) is 10.1. The molecule has 0 bridgehead atoms. The smallest absolute Gasteiger partial charge is 0.357 e. The van der Waals surface area contributed by atoms with Crippen LogP contribution >= 0.6 is 0 Å². The van der Waals surface area contributed by atoms with Crippen LogP contribution in [0.15, 0.2) is 41.1 Å². The first kappa shape index (κ1) is 11.1. The van der Waals surface area contributed by atoms with Crippen molar-refractivity contribution < 1.29 is 14.3 Å². The van der Waals surface area contributed by atoms with Crippen molar-refractivity contribution in [2.24, 2.45) is 0 Å². The summed E-state index contributed by atoms with van der Waals surface area (Å²) in [6, 6.07) is 6.72. The summed E-state index contributed by atoms with van der Waals surface area (Å²) in [6.45, 7) is 0.564. The van der Waals surface area contributed by atoms with Crippen molar-refractivity contribution in [3.63, 3.8) is 0 Å². The summed E-state index contributed by atoms with van der Waals surface area (Å²) in [7, 11) is 0. The van der Waals surface area contributed by atoms with Gasteiger partial charge < -0.3 is 4.42 Å². The van der Waals surface area contributed by atoms with Crippen LogP contribution in [0.3, 0.4) is 0 Å². The number of furan rings is 1. The maximum atomic E-state index is 10.7. The van der Waals surface area contributed by atoms with E-state index in [0.717, 1.165) is 5.76 Å². The Hall–Kier alpha value is -2.37. The Morgan fingerprint density at radius 2 is 2.29 bits per heavy atom. The van der Waals surface area contributed by atoms with Gasteiger partial charge in [-0.1, -0.05) is 0 Å². The van der Waals surface area contributed by atoms with Gasteiger partial charge in [-0.15, -0.1) is 0 Å². The highest BCUT2D eigenvalue weighted by Crippen LogP contribution is 2.17. The molecule has 2 rings (SSSR count). The molecule has 2 heterocycles. The van der Waals surface area contributed by atoms with E-state index < -0.39 is 4.92 Å². The molecule has 0 amide bonds. The molecule has 6 nitrogen and oxygen atoms in total. The molecule has 0 aromatic carbocycles. The fourth-order valence-corrected chi connectivity index (χ4v) is 1.49. The first-order valence-electron chi connectivity index (χ1n) is 5.19. The Morgan fingerprint density at radius 3 is 3.00 bits per heavy atom. The van der Waals surface area contributed by atoms with Gasteiger partial charge in [0, 0.05) is 12.5 Å². The fraction of sp³-hybridized carbons (Fsp3) is 0.182. The molecule has 0 aliphatic carbocycles. The van der Waals surface area contributed by atoms with Gasteiger partial charge in [0.1, 0.15) is 5.76 Å². The number of rotatable bonds is 5. The second kappa shape index (κ2) is 5.11. The number of anilines is 1. The molecule has 2 aromatic heterocycles. The van der Waals surface area contributed by atoms with Crippen LogP contribution in [0.5, 0.6) is 0 Å². The third-order valence-corrected chi connectivity index (χ3v) is 2.28. The van der Waals surface area contributed by atoms with Crippen molar-refractivity contribution in [1.82, 2.24) is 0 Å². The molecule has 2 aromatic rings. The van der Waals surface area contributed by atoms with Crippen LogP contribution < -0.4 is 10.3 Å². The van der Waals surface area contributed by atoms with E-state index in [2.05, 4.69) is 10.3 Å². The van der Waals surface area contributed by atoms with Crippen LogP contribution in [0.25, 0.3) is 0 Å². The van der Waals surface area contributed by atoms with Gasteiger partial charge in [0.15, 0.2) is 0 Å². The van der Waals surface area contributed by atoms with Gasteiger partial charge in [0.25, 0.3) is 0 Å². The number of nitrogens with zero attached hydrogens (tertiary/aromatic N) is 1. The molecule has 17 heavy (non-hydrogen) atoms. The largest absolute Gasteiger partial charge is 0.469 e. The van der Waals surface area contributed by atoms with Crippen LogP contribution in [0.2, 0.25) is 0 Å². The zero-order valence-electron chi connectivity index (χ0n) is 9.05. The van der Waals surface area contributed by atoms with Gasteiger partial charge >= 0.3 is 11.5 Å². The molecular weight excluding hydrogens is 222 g/mol. The van der Waals surface area contributed by atoms with Gasteiger partial charge in [-0.05, 0) is 18.2 Å². The molecule has 0 saturated heterocycles. The predicted molar refractivity (Wildman–Crippen MR) is 60.6 cm³/mol. The van der Waals surface area contributed by atoms with E-state index in [1.54, 1.807) is 18.5 Å². The number of nitro groups is 1. The molecule has 0 spiro atoms. The minimum atomic E-state index is -0.425. The van der Waals surface area contributed by atoms with E-state index in [9.17, 15) is 10.1 Å². The third kappa shape index (κ3) is 2.81. The minimum Gasteiger partial charge on any atom is -0.469 e. The SMILES string of the molecule is O=[N+]([O-])c1ccc[nH+]c1NCCc1ccco1. The Balaban J connectivity index is 1.97. The molecule has 0 saturated carbocycles. The summed E-state index contributed by atoms with van der Waals surface area (Å²) >= 11 is 0. The number of aromatic amines is 1. The van der Waals surface area contributed by atoms with Gasteiger partial charge in [-0.2, -0.15) is 0 Å². The molecule has 2 N–H and O–H groups in total. The Labute approximate surface area is 97.4 Å². The van der Waals surface area contributed by atoms with E-state index in [0.29, 0.717) is 18.8 Å². The number of aromatic nitrogens is 1. The van der Waals surface area contributed by atoms with E-state index in [1.807, 2.05) is 12.1 Å². The topological polar surface area (TPSA) is 82.5 Å². The summed E-state index contributed by atoms with van der Waals surface area (Å²) < 4.78 is 5.17. The second-order valence-corrected chi connectivity index (χ2v) is 3.44. The molecule has 0 atom stereocenters. The number of pyridine rings is 1. The zero-order chi connectivity index (χ0) is 12.1. The highest BCUT2D eigenvalue weighted by atomic mass is 16.6. The highest BCUT2D eigenvalue weighted by molar-refractivity contribution is 5.50. The molecule has 0 fully saturated rings. The Bertz CT molecular complexity index is 496. The molecule has 0 aliphatic heterocycles. The predicted octanol–water partition coefficient (Wildman–Crippen LogP) is 1.66. The van der Waals surface area contributed by atoms with Crippen LogP contribution in [-0.2, 0) is 6.42 Å². The van der Waals surface area contributed by atoms with Crippen molar-refractivity contribution >= 4 is 11.5 Å². The minimum absolute atomic E-state index is 0.0342. The first-order valence-corrected chi connectivity index (χ1v) is 5.19. The van der Waals surface area contributed by atoms with Crippen molar-refractivity contribution in [2.75, 3.05) is 11.9 Å². The molecular formula is C11H12N3O3+. The molecule has 88 valence electrons. The van der Waals surface area contributed by atoms with Crippen LogP contribution in [0.1, 0.15) is 5.76 Å². The lowest BCUT2D eigenvalue weighted by molar-refractivity contribution is -0.409. The lowest BCUT2D eigenvalue weighted by Crippen LogP contribution is -2.16. The summed E-state index contributed by atoms with van der Waals surface area (Å²) in [5, 5.41) is 13.7. The van der Waals surface area contributed by atoms with Gasteiger partial charge in [0.05, 0.1) is 23.9 Å². The monoisotopic (exact) mass is 234 g/mol. The van der Waals surface area contributed by atoms with E-state index in [-0.39, 0.29) is 5.69 Å². The van der Waals surface area contributed by atoms with Crippen molar-refractivity contribution in [3.8, 4) is 0 Å². The highest BCUT2D eigenvalue weighted by Gasteiger charge is 2.18. The molecule has 6 heteroatoms. The van der Waals surface area contributed by atoms with Crippen LogP contribution in [0.4, 0.5) is 11.5 Å². The van der Waals surface area contributed by atoms with Gasteiger partial charge in [0.2, 0.25) is 0 Å². The first-order chi connectivity index (χ1) is 8.27. The summed E-state index contributed by atoms with van der Waals surface area (Å²) in [6.07, 6.45) is 3.92. The maximum Gasteiger partial charge on any atom is 0.357 e. The van der Waals surface area contributed by atoms with Crippen LogP contribution in [-0.4, -0.2) is 11.5 Å². The Kier molecular flexibility index (Phi) is 3.34. The molecule has 0 radical (unpaired) electrons. The third-order valence-electron chi connectivity index (χ3n) is 2.28. The molecule has 0 aliphatic rings. The second-order valence-electron chi connectivity index (χ2n) is 3.44. The van der Waals surface area contributed by atoms with E-state index in [1.165, 1.54) is 6.07 Å². The molecule has 0 unspecified atom stereocenters. The Morgan fingerprint density at radius 1 is 1.41 bits per heavy atom. The lowest BCUT2D eigenvalue weighted by Gasteiger charge is -1.98. The van der Waals surface area contributed by atoms with E-state index >= 15 is 0 Å². The van der Waals surface area contributed by atoms with Crippen molar-refractivity contribution in [2.45, 2.75) is 6.42 Å². The lowest BCUT2D eigenvalue weighted by atomic mass is 10.3. The average Bonchev–Trinajstić information content (AvgIpc) is 2.82. The number of nitrogens with one attached hydrogen (secondary N) is 2. The fourth-order valence-electron chi connectivity index (χ4n) is 1.49. The standard InChI is InChI=1S/C11H11N3O3/c15-14(16)10-4-1-6-12-11(10)13-7-5-9-3-2-8-17-9/h1-4,6,8H,5,7H2,(H,12,13)/p+1. The van der Waals surface area contributed by atoms with Crippen LogP contribution in [0, 0.1) is 10.1 Å². The summed E-state index contributed by atoms with van der Waals surface area (Å²) in [4.78, 5) is 13.1. The van der Waals surface area contributed by atoms with Gasteiger partial charge in [-0.25, -0.2) is 4.98 Å². The number of H-pyrrole nitrogens is 1. The zero-order valence-corrected chi connectivity index (χ0v) is 9.05.